The van der Waals surface area contributed by atoms with Gasteiger partial charge in [0.25, 0.3) is 0 Å². The SMILES string of the molecule is CN[C@H]1CCCN(c2cc(Cl)ncn2)C1. The molecule has 0 radical (unpaired) electrons. The molecule has 2 heterocycles. The summed E-state index contributed by atoms with van der Waals surface area (Å²) in [5.41, 5.74) is 0. The minimum atomic E-state index is 0.506. The van der Waals surface area contributed by atoms with Crippen LogP contribution in [-0.2, 0) is 0 Å². The molecule has 1 aromatic heterocycles. The van der Waals surface area contributed by atoms with Gasteiger partial charge in [-0.15, -0.1) is 0 Å². The first-order valence-electron chi connectivity index (χ1n) is 5.19. The molecule has 0 bridgehead atoms. The average Bonchev–Trinajstić information content (AvgIpc) is 2.29. The summed E-state index contributed by atoms with van der Waals surface area (Å²) < 4.78 is 0. The van der Waals surface area contributed by atoms with Gasteiger partial charge in [-0.2, -0.15) is 0 Å². The van der Waals surface area contributed by atoms with Gasteiger partial charge in [0.1, 0.15) is 17.3 Å². The predicted molar refractivity (Wildman–Crippen MR) is 61.3 cm³/mol. The van der Waals surface area contributed by atoms with E-state index in [1.807, 2.05) is 13.1 Å². The van der Waals surface area contributed by atoms with Crippen LogP contribution in [0.25, 0.3) is 0 Å². The number of halogens is 1. The molecule has 82 valence electrons. The number of piperidine rings is 1. The Labute approximate surface area is 94.7 Å². The maximum absolute atomic E-state index is 5.84. The third-order valence-corrected chi connectivity index (χ3v) is 2.98. The van der Waals surface area contributed by atoms with Crippen molar-refractivity contribution in [3.63, 3.8) is 0 Å². The Hall–Kier alpha value is -0.870. The third-order valence-electron chi connectivity index (χ3n) is 2.77. The van der Waals surface area contributed by atoms with Gasteiger partial charge in [0.15, 0.2) is 0 Å². The molecule has 0 amide bonds. The normalized spacial score (nSPS) is 21.7. The highest BCUT2D eigenvalue weighted by Crippen LogP contribution is 2.19. The van der Waals surface area contributed by atoms with Gasteiger partial charge in [-0.1, -0.05) is 11.6 Å². The van der Waals surface area contributed by atoms with Crippen LogP contribution in [0.3, 0.4) is 0 Å². The second-order valence-electron chi connectivity index (χ2n) is 3.77. The molecule has 0 unspecified atom stereocenters. The van der Waals surface area contributed by atoms with E-state index in [1.165, 1.54) is 19.2 Å². The number of rotatable bonds is 2. The molecule has 0 saturated carbocycles. The monoisotopic (exact) mass is 226 g/mol. The van der Waals surface area contributed by atoms with E-state index in [-0.39, 0.29) is 0 Å². The lowest BCUT2D eigenvalue weighted by molar-refractivity contribution is 0.447. The summed E-state index contributed by atoms with van der Waals surface area (Å²) >= 11 is 5.84. The highest BCUT2D eigenvalue weighted by Gasteiger charge is 2.19. The molecular weight excluding hydrogens is 212 g/mol. The first kappa shape index (κ1) is 10.6. The van der Waals surface area contributed by atoms with Gasteiger partial charge in [-0.3, -0.25) is 0 Å². The van der Waals surface area contributed by atoms with Crippen molar-refractivity contribution in [1.82, 2.24) is 15.3 Å². The first-order chi connectivity index (χ1) is 7.29. The summed E-state index contributed by atoms with van der Waals surface area (Å²) in [4.78, 5) is 10.4. The fourth-order valence-corrected chi connectivity index (χ4v) is 2.06. The third kappa shape index (κ3) is 2.58. The van der Waals surface area contributed by atoms with Crippen molar-refractivity contribution in [3.8, 4) is 0 Å². The highest BCUT2D eigenvalue weighted by molar-refractivity contribution is 6.29. The molecule has 5 heteroatoms. The van der Waals surface area contributed by atoms with E-state index in [1.54, 1.807) is 0 Å². The second-order valence-corrected chi connectivity index (χ2v) is 4.16. The number of hydrogen-bond acceptors (Lipinski definition) is 4. The van der Waals surface area contributed by atoms with Crippen LogP contribution in [0.4, 0.5) is 5.82 Å². The summed E-state index contributed by atoms with van der Waals surface area (Å²) in [6, 6.07) is 2.37. The molecule has 1 aliphatic rings. The molecule has 1 aromatic rings. The van der Waals surface area contributed by atoms with Crippen LogP contribution < -0.4 is 10.2 Å². The second kappa shape index (κ2) is 4.77. The zero-order valence-corrected chi connectivity index (χ0v) is 9.54. The minimum absolute atomic E-state index is 0.506. The zero-order valence-electron chi connectivity index (χ0n) is 8.78. The molecule has 1 aliphatic heterocycles. The van der Waals surface area contributed by atoms with Crippen LogP contribution in [0.5, 0.6) is 0 Å². The van der Waals surface area contributed by atoms with Gasteiger partial charge >= 0.3 is 0 Å². The van der Waals surface area contributed by atoms with Gasteiger partial charge < -0.3 is 10.2 Å². The van der Waals surface area contributed by atoms with Crippen molar-refractivity contribution in [2.24, 2.45) is 0 Å². The molecule has 1 N–H and O–H groups in total. The van der Waals surface area contributed by atoms with Gasteiger partial charge in [0.2, 0.25) is 0 Å². The number of likely N-dealkylation sites (N-methyl/N-ethyl adjacent to an activating group) is 1. The fourth-order valence-electron chi connectivity index (χ4n) is 1.92. The van der Waals surface area contributed by atoms with Crippen LogP contribution in [-0.4, -0.2) is 36.1 Å². The van der Waals surface area contributed by atoms with E-state index >= 15 is 0 Å². The maximum Gasteiger partial charge on any atom is 0.134 e. The van der Waals surface area contributed by atoms with E-state index in [0.717, 1.165) is 18.9 Å². The van der Waals surface area contributed by atoms with Crippen LogP contribution >= 0.6 is 11.6 Å². The molecule has 2 rings (SSSR count). The Balaban J connectivity index is 2.09. The number of aromatic nitrogens is 2. The van der Waals surface area contributed by atoms with Crippen LogP contribution in [0.1, 0.15) is 12.8 Å². The predicted octanol–water partition coefficient (Wildman–Crippen LogP) is 1.32. The number of anilines is 1. The van der Waals surface area contributed by atoms with Crippen molar-refractivity contribution in [3.05, 3.63) is 17.5 Å². The van der Waals surface area contributed by atoms with E-state index < -0.39 is 0 Å². The first-order valence-corrected chi connectivity index (χ1v) is 5.57. The zero-order chi connectivity index (χ0) is 10.7. The smallest absolute Gasteiger partial charge is 0.134 e. The molecule has 1 fully saturated rings. The van der Waals surface area contributed by atoms with Crippen LogP contribution in [0.2, 0.25) is 5.15 Å². The van der Waals surface area contributed by atoms with E-state index in [4.69, 9.17) is 11.6 Å². The van der Waals surface area contributed by atoms with Crippen LogP contribution in [0, 0.1) is 0 Å². The Morgan fingerprint density at radius 1 is 1.53 bits per heavy atom. The van der Waals surface area contributed by atoms with Gasteiger partial charge in [-0.25, -0.2) is 9.97 Å². The Kier molecular flexibility index (Phi) is 3.38. The van der Waals surface area contributed by atoms with Crippen molar-refractivity contribution in [2.45, 2.75) is 18.9 Å². The number of nitrogens with one attached hydrogen (secondary N) is 1. The average molecular weight is 227 g/mol. The quantitative estimate of drug-likeness (QED) is 0.773. The largest absolute Gasteiger partial charge is 0.355 e. The van der Waals surface area contributed by atoms with E-state index in [0.29, 0.717) is 11.2 Å². The molecule has 4 nitrogen and oxygen atoms in total. The lowest BCUT2D eigenvalue weighted by atomic mass is 10.1. The standard InChI is InChI=1S/C10H15ClN4/c1-12-8-3-2-4-15(6-8)10-5-9(11)13-7-14-10/h5,7-8,12H,2-4,6H2,1H3/t8-/m0/s1. The van der Waals surface area contributed by atoms with E-state index in [2.05, 4.69) is 20.2 Å². The molecule has 0 spiro atoms. The summed E-state index contributed by atoms with van der Waals surface area (Å²) in [6.45, 7) is 2.04. The Morgan fingerprint density at radius 2 is 2.40 bits per heavy atom. The van der Waals surface area contributed by atoms with Crippen molar-refractivity contribution < 1.29 is 0 Å². The molecule has 0 aromatic carbocycles. The van der Waals surface area contributed by atoms with Gasteiger partial charge in [0.05, 0.1) is 0 Å². The summed E-state index contributed by atoms with van der Waals surface area (Å²) in [5.74, 6) is 0.926. The lowest BCUT2D eigenvalue weighted by Crippen LogP contribution is -2.44. The van der Waals surface area contributed by atoms with Crippen molar-refractivity contribution in [2.75, 3.05) is 25.0 Å². The van der Waals surface area contributed by atoms with Crippen molar-refractivity contribution >= 4 is 17.4 Å². The molecule has 1 saturated heterocycles. The van der Waals surface area contributed by atoms with E-state index in [9.17, 15) is 0 Å². The summed E-state index contributed by atoms with van der Waals surface area (Å²) in [5, 5.41) is 3.81. The molecule has 0 aliphatic carbocycles. The Morgan fingerprint density at radius 3 is 3.13 bits per heavy atom. The van der Waals surface area contributed by atoms with Gasteiger partial charge in [-0.05, 0) is 19.9 Å². The topological polar surface area (TPSA) is 41.0 Å². The maximum atomic E-state index is 5.84. The molecule has 1 atom stereocenters. The summed E-state index contributed by atoms with van der Waals surface area (Å²) in [6.07, 6.45) is 3.93. The van der Waals surface area contributed by atoms with Crippen LogP contribution in [0.15, 0.2) is 12.4 Å². The van der Waals surface area contributed by atoms with Crippen molar-refractivity contribution in [1.29, 1.82) is 0 Å². The number of hydrogen-bond donors (Lipinski definition) is 1. The molecular formula is C10H15ClN4. The molecule has 15 heavy (non-hydrogen) atoms. The lowest BCUT2D eigenvalue weighted by Gasteiger charge is -2.33. The highest BCUT2D eigenvalue weighted by atomic mass is 35.5. The fraction of sp³-hybridized carbons (Fsp3) is 0.600. The van der Waals surface area contributed by atoms with Gasteiger partial charge in [0, 0.05) is 25.2 Å². The minimum Gasteiger partial charge on any atom is -0.355 e. The summed E-state index contributed by atoms with van der Waals surface area (Å²) in [7, 11) is 2.00. The number of nitrogens with zero attached hydrogens (tertiary/aromatic N) is 3. The Bertz CT molecular complexity index is 331.